The number of aryl methyl sites for hydroxylation is 1. The first kappa shape index (κ1) is 18.0. The number of amides is 1. The summed E-state index contributed by atoms with van der Waals surface area (Å²) in [5, 5.41) is 2.78. The molecular formula is C14H22ClNO4S. The molecule has 0 saturated heterocycles. The van der Waals surface area contributed by atoms with Crippen LogP contribution in [0.25, 0.3) is 0 Å². The van der Waals surface area contributed by atoms with Gasteiger partial charge in [-0.15, -0.1) is 0 Å². The van der Waals surface area contributed by atoms with Crippen molar-refractivity contribution in [2.24, 2.45) is 5.92 Å². The van der Waals surface area contributed by atoms with Crippen LogP contribution in [0.5, 0.6) is 0 Å². The largest absolute Gasteiger partial charge is 0.455 e. The van der Waals surface area contributed by atoms with Crippen molar-refractivity contribution in [3.05, 3.63) is 17.6 Å². The number of rotatable bonds is 8. The Morgan fingerprint density at radius 2 is 2.10 bits per heavy atom. The van der Waals surface area contributed by atoms with Crippen LogP contribution in [0.4, 0.5) is 0 Å². The third-order valence-electron chi connectivity index (χ3n) is 3.45. The maximum Gasteiger partial charge on any atom is 0.287 e. The Morgan fingerprint density at radius 3 is 2.57 bits per heavy atom. The van der Waals surface area contributed by atoms with Gasteiger partial charge in [0.1, 0.15) is 10.7 Å². The van der Waals surface area contributed by atoms with Crippen LogP contribution in [-0.2, 0) is 9.05 Å². The molecule has 0 aromatic carbocycles. The van der Waals surface area contributed by atoms with Crippen molar-refractivity contribution in [1.82, 2.24) is 5.32 Å². The zero-order valence-corrected chi connectivity index (χ0v) is 14.2. The van der Waals surface area contributed by atoms with E-state index in [1.165, 1.54) is 13.0 Å². The van der Waals surface area contributed by atoms with Crippen molar-refractivity contribution in [2.75, 3.05) is 6.54 Å². The van der Waals surface area contributed by atoms with Crippen LogP contribution >= 0.6 is 10.7 Å². The van der Waals surface area contributed by atoms with E-state index in [0.717, 1.165) is 25.7 Å². The van der Waals surface area contributed by atoms with Crippen LogP contribution in [0.2, 0.25) is 0 Å². The molecule has 0 spiro atoms. The molecule has 5 nitrogen and oxygen atoms in total. The number of hydrogen-bond donors (Lipinski definition) is 1. The lowest BCUT2D eigenvalue weighted by Gasteiger charge is -2.14. The zero-order chi connectivity index (χ0) is 16.0. The highest BCUT2D eigenvalue weighted by Crippen LogP contribution is 2.23. The zero-order valence-electron chi connectivity index (χ0n) is 12.6. The van der Waals surface area contributed by atoms with Crippen molar-refractivity contribution < 1.29 is 17.6 Å². The van der Waals surface area contributed by atoms with E-state index in [9.17, 15) is 13.2 Å². The molecule has 0 aliphatic carbocycles. The number of furan rings is 1. The van der Waals surface area contributed by atoms with Crippen molar-refractivity contribution >= 4 is 25.6 Å². The third-order valence-corrected chi connectivity index (χ3v) is 4.88. The lowest BCUT2D eigenvalue weighted by molar-refractivity contribution is 0.0916. The van der Waals surface area contributed by atoms with Crippen LogP contribution in [-0.4, -0.2) is 20.9 Å². The van der Waals surface area contributed by atoms with Gasteiger partial charge in [-0.05, 0) is 19.3 Å². The number of halogens is 1. The minimum Gasteiger partial charge on any atom is -0.455 e. The van der Waals surface area contributed by atoms with Gasteiger partial charge >= 0.3 is 0 Å². The van der Waals surface area contributed by atoms with E-state index in [4.69, 9.17) is 15.1 Å². The van der Waals surface area contributed by atoms with Crippen LogP contribution < -0.4 is 5.32 Å². The minimum atomic E-state index is -3.90. The Hall–Kier alpha value is -1.01. The monoisotopic (exact) mass is 335 g/mol. The summed E-state index contributed by atoms with van der Waals surface area (Å²) in [6.07, 6.45) is 4.30. The lowest BCUT2D eigenvalue weighted by atomic mass is 9.99. The second kappa shape index (κ2) is 7.84. The third kappa shape index (κ3) is 5.36. The van der Waals surface area contributed by atoms with Gasteiger partial charge in [0.15, 0.2) is 5.76 Å². The Kier molecular flexibility index (Phi) is 6.74. The quantitative estimate of drug-likeness (QED) is 0.738. The van der Waals surface area contributed by atoms with Crippen LogP contribution in [0.3, 0.4) is 0 Å². The second-order valence-electron chi connectivity index (χ2n) is 5.10. The summed E-state index contributed by atoms with van der Waals surface area (Å²) < 4.78 is 27.8. The predicted octanol–water partition coefficient (Wildman–Crippen LogP) is 3.46. The molecule has 1 N–H and O–H groups in total. The molecule has 1 heterocycles. The Morgan fingerprint density at radius 1 is 1.43 bits per heavy atom. The molecule has 1 rings (SSSR count). The highest BCUT2D eigenvalue weighted by Gasteiger charge is 2.22. The first-order valence-electron chi connectivity index (χ1n) is 7.12. The highest BCUT2D eigenvalue weighted by molar-refractivity contribution is 8.13. The number of hydrogen-bond acceptors (Lipinski definition) is 4. The fourth-order valence-corrected chi connectivity index (χ4v) is 3.18. The van der Waals surface area contributed by atoms with Crippen LogP contribution in [0.1, 0.15) is 55.8 Å². The normalized spacial score (nSPS) is 13.1. The first-order valence-corrected chi connectivity index (χ1v) is 9.43. The molecule has 1 amide bonds. The molecule has 0 bridgehead atoms. The molecule has 1 atom stereocenters. The summed E-state index contributed by atoms with van der Waals surface area (Å²) in [6, 6.07) is 1.17. The SMILES string of the molecule is CCCCC(CC)CNC(=O)c1cc(S(=O)(=O)Cl)c(C)o1. The minimum absolute atomic E-state index is 0.0305. The van der Waals surface area contributed by atoms with Crippen molar-refractivity contribution in [3.8, 4) is 0 Å². The average molecular weight is 336 g/mol. The second-order valence-corrected chi connectivity index (χ2v) is 7.63. The Balaban J connectivity index is 2.68. The predicted molar refractivity (Wildman–Crippen MR) is 82.1 cm³/mol. The molecule has 120 valence electrons. The van der Waals surface area contributed by atoms with E-state index in [1.54, 1.807) is 0 Å². The standard InChI is InChI=1S/C14H22ClNO4S/c1-4-6-7-11(5-2)9-16-14(17)12-8-13(10(3)20-12)21(15,18)19/h8,11H,4-7,9H2,1-3H3,(H,16,17). The van der Waals surface area contributed by atoms with E-state index in [1.807, 2.05) is 0 Å². The van der Waals surface area contributed by atoms with Gasteiger partial charge in [-0.25, -0.2) is 8.42 Å². The molecule has 0 aliphatic rings. The highest BCUT2D eigenvalue weighted by atomic mass is 35.7. The van der Waals surface area contributed by atoms with Gasteiger partial charge in [-0.2, -0.15) is 0 Å². The molecule has 21 heavy (non-hydrogen) atoms. The number of unbranched alkanes of at least 4 members (excludes halogenated alkanes) is 1. The van der Waals surface area contributed by atoms with Crippen molar-refractivity contribution in [1.29, 1.82) is 0 Å². The van der Waals surface area contributed by atoms with Gasteiger partial charge in [0.2, 0.25) is 0 Å². The smallest absolute Gasteiger partial charge is 0.287 e. The lowest BCUT2D eigenvalue weighted by Crippen LogP contribution is -2.28. The Labute approximate surface area is 130 Å². The van der Waals surface area contributed by atoms with Gasteiger partial charge < -0.3 is 9.73 Å². The van der Waals surface area contributed by atoms with Gasteiger partial charge in [-0.1, -0.05) is 33.1 Å². The summed E-state index contributed by atoms with van der Waals surface area (Å²) in [6.45, 7) is 6.23. The molecule has 1 aromatic rings. The number of nitrogens with one attached hydrogen (secondary N) is 1. The van der Waals surface area contributed by atoms with Gasteiger partial charge in [0.25, 0.3) is 15.0 Å². The molecule has 1 unspecified atom stereocenters. The average Bonchev–Trinajstić information content (AvgIpc) is 2.81. The van der Waals surface area contributed by atoms with Crippen molar-refractivity contribution in [3.63, 3.8) is 0 Å². The Bertz CT molecular complexity index is 580. The number of carbonyl (C=O) groups is 1. The molecule has 1 aromatic heterocycles. The molecule has 7 heteroatoms. The molecule has 0 saturated carbocycles. The summed E-state index contributed by atoms with van der Waals surface area (Å²) >= 11 is 0. The van der Waals surface area contributed by atoms with Gasteiger partial charge in [-0.3, -0.25) is 4.79 Å². The summed E-state index contributed by atoms with van der Waals surface area (Å²) in [7, 11) is 1.37. The molecule has 0 radical (unpaired) electrons. The number of carbonyl (C=O) groups excluding carboxylic acids is 1. The van der Waals surface area contributed by atoms with Gasteiger partial charge in [0, 0.05) is 23.3 Å². The van der Waals surface area contributed by atoms with E-state index in [0.29, 0.717) is 12.5 Å². The van der Waals surface area contributed by atoms with Gasteiger partial charge in [0.05, 0.1) is 0 Å². The maximum atomic E-state index is 12.0. The molecule has 0 aliphatic heterocycles. The van der Waals surface area contributed by atoms with E-state index >= 15 is 0 Å². The fraction of sp³-hybridized carbons (Fsp3) is 0.643. The van der Waals surface area contributed by atoms with Crippen LogP contribution in [0, 0.1) is 12.8 Å². The van der Waals surface area contributed by atoms with Crippen molar-refractivity contribution in [2.45, 2.75) is 51.3 Å². The van der Waals surface area contributed by atoms with E-state index in [-0.39, 0.29) is 16.4 Å². The molecule has 0 fully saturated rings. The van der Waals surface area contributed by atoms with E-state index in [2.05, 4.69) is 19.2 Å². The first-order chi connectivity index (χ1) is 9.79. The topological polar surface area (TPSA) is 76.4 Å². The maximum absolute atomic E-state index is 12.0. The molecular weight excluding hydrogens is 314 g/mol. The van der Waals surface area contributed by atoms with E-state index < -0.39 is 15.0 Å². The summed E-state index contributed by atoms with van der Waals surface area (Å²) in [5.41, 5.74) is 0. The summed E-state index contributed by atoms with van der Waals surface area (Å²) in [5.74, 6) is 0.0889. The van der Waals surface area contributed by atoms with Crippen LogP contribution in [0.15, 0.2) is 15.4 Å². The fourth-order valence-electron chi connectivity index (χ4n) is 2.09. The summed E-state index contributed by atoms with van der Waals surface area (Å²) in [4.78, 5) is 11.8.